The van der Waals surface area contributed by atoms with Gasteiger partial charge in [-0.05, 0) is 6.92 Å². The largest absolute Gasteiger partial charge is 0.396 e. The number of carbonyl (C=O) groups is 2. The molecule has 0 N–H and O–H groups in total. The first kappa shape index (κ1) is 12.3. The van der Waals surface area contributed by atoms with E-state index in [2.05, 4.69) is 28.6 Å². The SMILES string of the molecule is CC(=O)OC=O.CC[n+]1ccccc1. The van der Waals surface area contributed by atoms with Crippen molar-refractivity contribution in [2.45, 2.75) is 20.4 Å². The van der Waals surface area contributed by atoms with E-state index in [4.69, 9.17) is 0 Å². The van der Waals surface area contributed by atoms with Gasteiger partial charge in [0.05, 0.1) is 0 Å². The molecule has 0 unspecified atom stereocenters. The van der Waals surface area contributed by atoms with Crippen LogP contribution in [-0.2, 0) is 20.9 Å². The lowest BCUT2D eigenvalue weighted by Crippen LogP contribution is -2.30. The second kappa shape index (κ2) is 7.91. The average molecular weight is 196 g/mol. The zero-order valence-corrected chi connectivity index (χ0v) is 8.34. The smallest absolute Gasteiger partial charge is 0.310 e. The van der Waals surface area contributed by atoms with Crippen molar-refractivity contribution >= 4 is 12.4 Å². The van der Waals surface area contributed by atoms with E-state index in [0.29, 0.717) is 0 Å². The minimum absolute atomic E-state index is 0.0995. The molecule has 0 radical (unpaired) electrons. The Kier molecular flexibility index (Phi) is 6.95. The van der Waals surface area contributed by atoms with Gasteiger partial charge in [0.1, 0.15) is 6.54 Å². The van der Waals surface area contributed by atoms with Crippen LogP contribution in [0.25, 0.3) is 0 Å². The molecule has 0 saturated carbocycles. The van der Waals surface area contributed by atoms with Crippen LogP contribution in [0.4, 0.5) is 0 Å². The molecule has 0 bridgehead atoms. The van der Waals surface area contributed by atoms with Crippen LogP contribution < -0.4 is 4.57 Å². The van der Waals surface area contributed by atoms with E-state index >= 15 is 0 Å². The summed E-state index contributed by atoms with van der Waals surface area (Å²) in [5.41, 5.74) is 0. The van der Waals surface area contributed by atoms with Gasteiger partial charge in [-0.25, -0.2) is 4.57 Å². The summed E-state index contributed by atoms with van der Waals surface area (Å²) in [6, 6.07) is 6.08. The maximum Gasteiger partial charge on any atom is 0.310 e. The Morgan fingerprint density at radius 3 is 2.14 bits per heavy atom. The van der Waals surface area contributed by atoms with Crippen molar-refractivity contribution < 1.29 is 18.9 Å². The number of aromatic nitrogens is 1. The Bertz CT molecular complexity index is 272. The molecule has 0 aliphatic rings. The molecule has 4 heteroatoms. The lowest BCUT2D eigenvalue weighted by molar-refractivity contribution is -0.693. The summed E-state index contributed by atoms with van der Waals surface area (Å²) in [5.74, 6) is -0.579. The number of aryl methyl sites for hydroxylation is 1. The van der Waals surface area contributed by atoms with Crippen molar-refractivity contribution in [1.82, 2.24) is 0 Å². The molecular formula is C10H14NO3+. The summed E-state index contributed by atoms with van der Waals surface area (Å²) in [5, 5.41) is 0. The monoisotopic (exact) mass is 196 g/mol. The minimum Gasteiger partial charge on any atom is -0.396 e. The molecule has 0 aliphatic heterocycles. The number of hydrogen-bond donors (Lipinski definition) is 0. The van der Waals surface area contributed by atoms with Crippen LogP contribution in [0, 0.1) is 0 Å². The lowest BCUT2D eigenvalue weighted by Gasteiger charge is -1.84. The van der Waals surface area contributed by atoms with Gasteiger partial charge in [-0.3, -0.25) is 9.59 Å². The normalized spacial score (nSPS) is 8.14. The van der Waals surface area contributed by atoms with E-state index in [9.17, 15) is 9.59 Å². The zero-order valence-electron chi connectivity index (χ0n) is 8.34. The highest BCUT2D eigenvalue weighted by atomic mass is 16.6. The van der Waals surface area contributed by atoms with E-state index < -0.39 is 5.97 Å². The van der Waals surface area contributed by atoms with Gasteiger partial charge in [0.25, 0.3) is 0 Å². The first-order chi connectivity index (χ1) is 6.70. The van der Waals surface area contributed by atoms with Crippen molar-refractivity contribution in [3.8, 4) is 0 Å². The van der Waals surface area contributed by atoms with E-state index in [1.807, 2.05) is 18.2 Å². The fourth-order valence-corrected chi connectivity index (χ4v) is 0.713. The summed E-state index contributed by atoms with van der Waals surface area (Å²) in [7, 11) is 0. The van der Waals surface area contributed by atoms with E-state index in [1.54, 1.807) is 0 Å². The molecule has 1 aromatic rings. The van der Waals surface area contributed by atoms with Gasteiger partial charge in [0.2, 0.25) is 0 Å². The summed E-state index contributed by atoms with van der Waals surface area (Å²) >= 11 is 0. The second-order valence-electron chi connectivity index (χ2n) is 2.41. The first-order valence-corrected chi connectivity index (χ1v) is 4.25. The molecule has 0 spiro atoms. The highest BCUT2D eigenvalue weighted by Gasteiger charge is 1.86. The van der Waals surface area contributed by atoms with Gasteiger partial charge in [-0.1, -0.05) is 6.07 Å². The van der Waals surface area contributed by atoms with Crippen molar-refractivity contribution in [3.63, 3.8) is 0 Å². The van der Waals surface area contributed by atoms with E-state index in [-0.39, 0.29) is 6.47 Å². The average Bonchev–Trinajstić information content (AvgIpc) is 2.20. The molecular weight excluding hydrogens is 182 g/mol. The Hall–Kier alpha value is -1.71. The third-order valence-electron chi connectivity index (χ3n) is 1.36. The predicted octanol–water partition coefficient (Wildman–Crippen LogP) is 0.700. The second-order valence-corrected chi connectivity index (χ2v) is 2.41. The molecule has 0 aliphatic carbocycles. The number of pyridine rings is 1. The first-order valence-electron chi connectivity index (χ1n) is 4.25. The molecule has 76 valence electrons. The number of nitrogens with zero attached hydrogens (tertiary/aromatic N) is 1. The van der Waals surface area contributed by atoms with Gasteiger partial charge in [0.15, 0.2) is 12.4 Å². The van der Waals surface area contributed by atoms with E-state index in [0.717, 1.165) is 13.5 Å². The van der Waals surface area contributed by atoms with Crippen molar-refractivity contribution in [3.05, 3.63) is 30.6 Å². The molecule has 0 fully saturated rings. The Morgan fingerprint density at radius 2 is 1.93 bits per heavy atom. The Balaban J connectivity index is 0.000000255. The van der Waals surface area contributed by atoms with Crippen LogP contribution in [-0.4, -0.2) is 12.4 Å². The van der Waals surface area contributed by atoms with Crippen LogP contribution >= 0.6 is 0 Å². The molecule has 1 aromatic heterocycles. The van der Waals surface area contributed by atoms with Crippen LogP contribution in [0.1, 0.15) is 13.8 Å². The van der Waals surface area contributed by atoms with Crippen molar-refractivity contribution in [1.29, 1.82) is 0 Å². The summed E-state index contributed by atoms with van der Waals surface area (Å²) in [6.07, 6.45) is 4.11. The quantitative estimate of drug-likeness (QED) is 0.303. The molecule has 0 amide bonds. The summed E-state index contributed by atoms with van der Waals surface area (Å²) in [6.45, 7) is 4.44. The highest BCUT2D eigenvalue weighted by Crippen LogP contribution is 1.74. The summed E-state index contributed by atoms with van der Waals surface area (Å²) in [4.78, 5) is 18.8. The van der Waals surface area contributed by atoms with Crippen molar-refractivity contribution in [2.75, 3.05) is 0 Å². The summed E-state index contributed by atoms with van der Waals surface area (Å²) < 4.78 is 5.85. The Morgan fingerprint density at radius 1 is 1.36 bits per heavy atom. The zero-order chi connectivity index (χ0) is 10.8. The van der Waals surface area contributed by atoms with Crippen molar-refractivity contribution in [2.24, 2.45) is 0 Å². The molecule has 14 heavy (non-hydrogen) atoms. The van der Waals surface area contributed by atoms with Crippen LogP contribution in [0.5, 0.6) is 0 Å². The fraction of sp³-hybridized carbons (Fsp3) is 0.300. The third kappa shape index (κ3) is 6.97. The molecule has 1 heterocycles. The lowest BCUT2D eigenvalue weighted by atomic mass is 10.5. The number of ether oxygens (including phenoxy) is 1. The highest BCUT2D eigenvalue weighted by molar-refractivity contribution is 5.73. The molecule has 0 atom stereocenters. The molecule has 1 rings (SSSR count). The number of esters is 1. The fourth-order valence-electron chi connectivity index (χ4n) is 0.713. The Labute approximate surface area is 83.1 Å². The van der Waals surface area contributed by atoms with Crippen LogP contribution in [0.2, 0.25) is 0 Å². The van der Waals surface area contributed by atoms with Crippen LogP contribution in [0.3, 0.4) is 0 Å². The third-order valence-corrected chi connectivity index (χ3v) is 1.36. The van der Waals surface area contributed by atoms with Gasteiger partial charge in [-0.15, -0.1) is 0 Å². The van der Waals surface area contributed by atoms with Gasteiger partial charge < -0.3 is 4.74 Å². The molecule has 4 nitrogen and oxygen atoms in total. The number of hydrogen-bond acceptors (Lipinski definition) is 3. The molecule has 0 aromatic carbocycles. The predicted molar refractivity (Wildman–Crippen MR) is 50.1 cm³/mol. The number of carbonyl (C=O) groups excluding carboxylic acids is 2. The van der Waals surface area contributed by atoms with Gasteiger partial charge in [0, 0.05) is 19.1 Å². The van der Waals surface area contributed by atoms with Gasteiger partial charge in [-0.2, -0.15) is 0 Å². The maximum absolute atomic E-state index is 9.59. The molecule has 0 saturated heterocycles. The van der Waals surface area contributed by atoms with Crippen LogP contribution in [0.15, 0.2) is 30.6 Å². The topological polar surface area (TPSA) is 47.3 Å². The van der Waals surface area contributed by atoms with Gasteiger partial charge >= 0.3 is 12.4 Å². The standard InChI is InChI=1S/C7H10N.C3H4O3/c1-2-8-6-4-3-5-7-8;1-3(5)6-2-4/h3-7H,2H2,1H3;2H,1H3/q+1;. The maximum atomic E-state index is 9.59. The number of rotatable bonds is 2. The minimum atomic E-state index is -0.579. The van der Waals surface area contributed by atoms with E-state index in [1.165, 1.54) is 0 Å².